The maximum Gasteiger partial charge on any atom is 0.137 e. The molecule has 0 bridgehead atoms. The van der Waals surface area contributed by atoms with Crippen LogP contribution in [0.25, 0.3) is 0 Å². The number of hydrogen-bond acceptors (Lipinski definition) is 2. The fraction of sp³-hybridized carbons (Fsp3) is 0.455. The zero-order valence-corrected chi connectivity index (χ0v) is 10.3. The second kappa shape index (κ2) is 6.20. The Labute approximate surface area is 98.2 Å². The fourth-order valence-electron chi connectivity index (χ4n) is 1.38. The van der Waals surface area contributed by atoms with Crippen molar-refractivity contribution in [2.75, 3.05) is 13.1 Å². The molecule has 3 N–H and O–H groups in total. The molecule has 1 atom stereocenters. The largest absolute Gasteiger partial charge is 0.329 e. The molecule has 84 valence electrons. The minimum atomic E-state index is -0.245. The third-order valence-electron chi connectivity index (χ3n) is 2.22. The van der Waals surface area contributed by atoms with E-state index in [1.165, 1.54) is 6.07 Å². The SMILES string of the molecule is CCCNC(CN)c1ccc(F)c(Br)c1. The van der Waals surface area contributed by atoms with Crippen LogP contribution in [0.3, 0.4) is 0 Å². The molecule has 0 aliphatic heterocycles. The maximum absolute atomic E-state index is 13.0. The molecule has 1 aromatic rings. The van der Waals surface area contributed by atoms with E-state index < -0.39 is 0 Å². The third kappa shape index (κ3) is 3.55. The molecule has 1 rings (SSSR count). The molecule has 0 aromatic heterocycles. The lowest BCUT2D eigenvalue weighted by atomic mass is 10.1. The Morgan fingerprint density at radius 1 is 1.53 bits per heavy atom. The van der Waals surface area contributed by atoms with Crippen LogP contribution in [0.5, 0.6) is 0 Å². The van der Waals surface area contributed by atoms with Crippen molar-refractivity contribution in [1.82, 2.24) is 5.32 Å². The summed E-state index contributed by atoms with van der Waals surface area (Å²) in [5.41, 5.74) is 6.68. The van der Waals surface area contributed by atoms with Gasteiger partial charge in [0.2, 0.25) is 0 Å². The van der Waals surface area contributed by atoms with Gasteiger partial charge in [0.15, 0.2) is 0 Å². The molecule has 0 amide bonds. The van der Waals surface area contributed by atoms with Gasteiger partial charge in [0.25, 0.3) is 0 Å². The Bertz CT molecular complexity index is 317. The molecule has 2 nitrogen and oxygen atoms in total. The molecular weight excluding hydrogens is 259 g/mol. The van der Waals surface area contributed by atoms with Crippen LogP contribution in [-0.4, -0.2) is 13.1 Å². The minimum absolute atomic E-state index is 0.0989. The van der Waals surface area contributed by atoms with Gasteiger partial charge in [-0.05, 0) is 46.6 Å². The van der Waals surface area contributed by atoms with Gasteiger partial charge >= 0.3 is 0 Å². The van der Waals surface area contributed by atoms with Crippen LogP contribution in [0.15, 0.2) is 22.7 Å². The van der Waals surface area contributed by atoms with E-state index in [1.54, 1.807) is 12.1 Å². The molecule has 0 heterocycles. The highest BCUT2D eigenvalue weighted by Gasteiger charge is 2.10. The molecule has 4 heteroatoms. The molecule has 15 heavy (non-hydrogen) atoms. The molecule has 0 fully saturated rings. The molecule has 0 saturated heterocycles. The van der Waals surface area contributed by atoms with Crippen LogP contribution in [0.1, 0.15) is 24.9 Å². The van der Waals surface area contributed by atoms with Gasteiger partial charge in [0.1, 0.15) is 5.82 Å². The lowest BCUT2D eigenvalue weighted by molar-refractivity contribution is 0.537. The van der Waals surface area contributed by atoms with Gasteiger partial charge in [-0.2, -0.15) is 0 Å². The quantitative estimate of drug-likeness (QED) is 0.866. The van der Waals surface area contributed by atoms with E-state index >= 15 is 0 Å². The Hall–Kier alpha value is -0.450. The molecule has 1 unspecified atom stereocenters. The summed E-state index contributed by atoms with van der Waals surface area (Å²) in [4.78, 5) is 0. The Morgan fingerprint density at radius 3 is 2.80 bits per heavy atom. The van der Waals surface area contributed by atoms with E-state index in [4.69, 9.17) is 5.73 Å². The van der Waals surface area contributed by atoms with Gasteiger partial charge in [0, 0.05) is 12.6 Å². The number of nitrogens with two attached hydrogens (primary N) is 1. The summed E-state index contributed by atoms with van der Waals surface area (Å²) in [6.45, 7) is 3.52. The third-order valence-corrected chi connectivity index (χ3v) is 2.83. The first-order valence-corrected chi connectivity index (χ1v) is 5.86. The van der Waals surface area contributed by atoms with Crippen molar-refractivity contribution in [3.05, 3.63) is 34.1 Å². The summed E-state index contributed by atoms with van der Waals surface area (Å²) >= 11 is 3.17. The number of benzene rings is 1. The van der Waals surface area contributed by atoms with E-state index in [2.05, 4.69) is 28.2 Å². The number of halogens is 2. The second-order valence-corrected chi connectivity index (χ2v) is 4.27. The van der Waals surface area contributed by atoms with Crippen LogP contribution in [0, 0.1) is 5.82 Å². The smallest absolute Gasteiger partial charge is 0.137 e. The normalized spacial score (nSPS) is 12.8. The van der Waals surface area contributed by atoms with Crippen LogP contribution < -0.4 is 11.1 Å². The topological polar surface area (TPSA) is 38.0 Å². The summed E-state index contributed by atoms with van der Waals surface area (Å²) in [6, 6.07) is 5.09. The van der Waals surface area contributed by atoms with Gasteiger partial charge in [-0.1, -0.05) is 13.0 Å². The first kappa shape index (κ1) is 12.6. The van der Waals surface area contributed by atoms with E-state index in [1.807, 2.05) is 0 Å². The summed E-state index contributed by atoms with van der Waals surface area (Å²) in [5.74, 6) is -0.245. The van der Waals surface area contributed by atoms with Crippen molar-refractivity contribution < 1.29 is 4.39 Å². The van der Waals surface area contributed by atoms with Crippen molar-refractivity contribution in [2.45, 2.75) is 19.4 Å². The van der Waals surface area contributed by atoms with Crippen molar-refractivity contribution in [3.8, 4) is 0 Å². The van der Waals surface area contributed by atoms with E-state index in [0.29, 0.717) is 11.0 Å². The average Bonchev–Trinajstić information content (AvgIpc) is 2.24. The lowest BCUT2D eigenvalue weighted by Crippen LogP contribution is -2.28. The summed E-state index contributed by atoms with van der Waals surface area (Å²) < 4.78 is 13.5. The predicted octanol–water partition coefficient (Wildman–Crippen LogP) is 2.59. The van der Waals surface area contributed by atoms with Crippen LogP contribution in [0.4, 0.5) is 4.39 Å². The molecule has 1 aromatic carbocycles. The van der Waals surface area contributed by atoms with Gasteiger partial charge in [-0.25, -0.2) is 4.39 Å². The van der Waals surface area contributed by atoms with Gasteiger partial charge < -0.3 is 11.1 Å². The second-order valence-electron chi connectivity index (χ2n) is 3.42. The van der Waals surface area contributed by atoms with E-state index in [9.17, 15) is 4.39 Å². The van der Waals surface area contributed by atoms with E-state index in [-0.39, 0.29) is 11.9 Å². The lowest BCUT2D eigenvalue weighted by Gasteiger charge is -2.17. The zero-order valence-electron chi connectivity index (χ0n) is 8.76. The molecule has 0 aliphatic carbocycles. The first-order chi connectivity index (χ1) is 7.19. The van der Waals surface area contributed by atoms with Crippen LogP contribution in [0.2, 0.25) is 0 Å². The number of rotatable bonds is 5. The average molecular weight is 275 g/mol. The Morgan fingerprint density at radius 2 is 2.27 bits per heavy atom. The van der Waals surface area contributed by atoms with Crippen molar-refractivity contribution in [2.24, 2.45) is 5.73 Å². The van der Waals surface area contributed by atoms with Crippen LogP contribution in [-0.2, 0) is 0 Å². The summed E-state index contributed by atoms with van der Waals surface area (Å²) in [6.07, 6.45) is 1.05. The zero-order chi connectivity index (χ0) is 11.3. The molecule has 0 saturated carbocycles. The molecule has 0 aliphatic rings. The Balaban J connectivity index is 2.78. The standard InChI is InChI=1S/C11H16BrFN2/c1-2-5-15-11(7-14)8-3-4-10(13)9(12)6-8/h3-4,6,11,15H,2,5,7,14H2,1H3. The highest BCUT2D eigenvalue weighted by molar-refractivity contribution is 9.10. The number of hydrogen-bond donors (Lipinski definition) is 2. The van der Waals surface area contributed by atoms with E-state index in [0.717, 1.165) is 18.5 Å². The van der Waals surface area contributed by atoms with Crippen molar-refractivity contribution in [3.63, 3.8) is 0 Å². The molecule has 0 spiro atoms. The van der Waals surface area contributed by atoms with Crippen molar-refractivity contribution in [1.29, 1.82) is 0 Å². The Kier molecular flexibility index (Phi) is 5.22. The maximum atomic E-state index is 13.0. The summed E-state index contributed by atoms with van der Waals surface area (Å²) in [5, 5.41) is 3.31. The predicted molar refractivity (Wildman–Crippen MR) is 64.2 cm³/mol. The fourth-order valence-corrected chi connectivity index (χ4v) is 1.78. The molecular formula is C11H16BrFN2. The van der Waals surface area contributed by atoms with Gasteiger partial charge in [0.05, 0.1) is 4.47 Å². The van der Waals surface area contributed by atoms with Gasteiger partial charge in [-0.15, -0.1) is 0 Å². The first-order valence-electron chi connectivity index (χ1n) is 5.07. The monoisotopic (exact) mass is 274 g/mol. The minimum Gasteiger partial charge on any atom is -0.329 e. The molecule has 0 radical (unpaired) electrons. The highest BCUT2D eigenvalue weighted by Crippen LogP contribution is 2.20. The van der Waals surface area contributed by atoms with Crippen molar-refractivity contribution >= 4 is 15.9 Å². The van der Waals surface area contributed by atoms with Crippen LogP contribution >= 0.6 is 15.9 Å². The number of nitrogens with one attached hydrogen (secondary N) is 1. The highest BCUT2D eigenvalue weighted by atomic mass is 79.9. The summed E-state index contributed by atoms with van der Waals surface area (Å²) in [7, 11) is 0. The van der Waals surface area contributed by atoms with Gasteiger partial charge in [-0.3, -0.25) is 0 Å².